The molecule has 0 spiro atoms. The van der Waals surface area contributed by atoms with Crippen molar-refractivity contribution in [3.05, 3.63) is 46.8 Å². The molecule has 4 unspecified atom stereocenters. The highest BCUT2D eigenvalue weighted by atomic mass is 32.2. The van der Waals surface area contributed by atoms with Gasteiger partial charge in [-0.05, 0) is 222 Å². The van der Waals surface area contributed by atoms with Crippen molar-refractivity contribution in [2.24, 2.45) is 23.7 Å². The Kier molecular flexibility index (Phi) is 22.5. The Hall–Kier alpha value is -2.02. The van der Waals surface area contributed by atoms with Gasteiger partial charge in [0, 0.05) is 12.8 Å². The molecule has 80 heavy (non-hydrogen) atoms. The molecule has 26 heteroatoms. The van der Waals surface area contributed by atoms with E-state index < -0.39 is 45.3 Å². The molecule has 14 nitrogen and oxygen atoms in total. The largest absolute Gasteiger partial charge is 0.534 e. The minimum atomic E-state index is -5.49. The number of alkyl halides is 6. The molecule has 4 fully saturated rings. The Morgan fingerprint density at radius 2 is 0.762 bits per heavy atom. The number of allylic oxidation sites excluding steroid dienone is 8. The van der Waals surface area contributed by atoms with Gasteiger partial charge in [-0.25, -0.2) is 0 Å². The van der Waals surface area contributed by atoms with Gasteiger partial charge in [0.05, 0.1) is 44.8 Å². The van der Waals surface area contributed by atoms with E-state index in [0.29, 0.717) is 18.8 Å². The third-order valence-corrected chi connectivity index (χ3v) is 19.3. The second kappa shape index (κ2) is 25.5. The van der Waals surface area contributed by atoms with Crippen LogP contribution in [0.4, 0.5) is 26.3 Å². The van der Waals surface area contributed by atoms with Gasteiger partial charge in [-0.2, -0.15) is 43.2 Å². The molecule has 0 aromatic heterocycles. The van der Waals surface area contributed by atoms with Crippen LogP contribution in [-0.4, -0.2) is 101 Å². The van der Waals surface area contributed by atoms with E-state index in [1.165, 1.54) is 48.8 Å². The quantitative estimate of drug-likeness (QED) is 0.102. The van der Waals surface area contributed by atoms with Gasteiger partial charge in [0.1, 0.15) is 11.5 Å². The van der Waals surface area contributed by atoms with Crippen molar-refractivity contribution in [2.75, 3.05) is 0 Å². The summed E-state index contributed by atoms with van der Waals surface area (Å²) in [5.41, 5.74) is -10.3. The molecule has 4 atom stereocenters. The lowest BCUT2D eigenvalue weighted by Gasteiger charge is -2.32. The minimum absolute atomic E-state index is 0.0529. The van der Waals surface area contributed by atoms with E-state index in [2.05, 4.69) is 89.8 Å². The second-order valence-corrected chi connectivity index (χ2v) is 29.8. The van der Waals surface area contributed by atoms with Crippen molar-refractivity contribution in [3.63, 3.8) is 0 Å². The molecule has 4 heterocycles. The Morgan fingerprint density at radius 1 is 0.438 bits per heavy atom. The van der Waals surface area contributed by atoms with Crippen LogP contribution in [0, 0.1) is 23.7 Å². The maximum Gasteiger partial charge on any atom is 0.534 e. The summed E-state index contributed by atoms with van der Waals surface area (Å²) in [5.74, 6) is 1.42. The maximum absolute atomic E-state index is 11.9. The molecule has 0 N–H and O–H groups in total. The van der Waals surface area contributed by atoms with Crippen LogP contribution in [0.5, 0.6) is 0 Å². The molecular formula is C54H92B4F6O14S2. The molecule has 4 aliphatic heterocycles. The van der Waals surface area contributed by atoms with Gasteiger partial charge in [-0.3, -0.25) is 0 Å². The first kappa shape index (κ1) is 70.5. The molecular weight excluding hydrogens is 1090 g/mol. The van der Waals surface area contributed by atoms with E-state index in [-0.39, 0.29) is 95.2 Å². The molecule has 4 aliphatic carbocycles. The number of rotatable bonds is 7. The van der Waals surface area contributed by atoms with Crippen LogP contribution in [0.2, 0.25) is 0 Å². The predicted octanol–water partition coefficient (Wildman–Crippen LogP) is 14.1. The molecule has 0 aromatic rings. The smallest absolute Gasteiger partial charge is 0.405 e. The molecule has 0 saturated carbocycles. The second-order valence-electron chi connectivity index (χ2n) is 26.7. The first-order valence-electron chi connectivity index (χ1n) is 28.2. The van der Waals surface area contributed by atoms with Crippen LogP contribution >= 0.6 is 0 Å². The SMILES string of the molecule is CC1(C)OB(B2OC(C)(C)C(C)(C)O2)OC1(C)C.CC1C=C(B2OC(C)(C)C(C)(C)O2)CCC1.CC1C=C(OS(=O)(=O)C(F)(F)F)CCC1.CC1CCC=C(B2OC(C)(C)C(C)(C)O2)C1.CC1CCC=C(OS(=O)(=O)C(F)(F)F)C1. The summed E-state index contributed by atoms with van der Waals surface area (Å²) in [7, 11) is -12.2. The number of halogens is 6. The molecule has 0 aromatic carbocycles. The third kappa shape index (κ3) is 18.0. The van der Waals surface area contributed by atoms with Crippen LogP contribution in [0.3, 0.4) is 0 Å². The first-order valence-corrected chi connectivity index (χ1v) is 31.0. The summed E-state index contributed by atoms with van der Waals surface area (Å²) in [6, 6.07) is 0. The molecule has 8 aliphatic rings. The fraction of sp³-hybridized carbons (Fsp3) is 0.852. The zero-order valence-electron chi connectivity index (χ0n) is 51.2. The average Bonchev–Trinajstić information content (AvgIpc) is 3.83. The lowest BCUT2D eigenvalue weighted by molar-refractivity contribution is -0.0529. The summed E-state index contributed by atoms with van der Waals surface area (Å²) < 4.78 is 170. The number of hydrogen-bond donors (Lipinski definition) is 0. The van der Waals surface area contributed by atoms with Crippen molar-refractivity contribution in [1.29, 1.82) is 0 Å². The standard InChI is InChI=1S/2C13H23BO2.C12H24B2O4.2C8H11F3O3S/c2*1-10-7-6-8-11(9-10)14-15-12(2,3)13(4,5)16-14;1-9(2)10(3,4)16-13(15-9)14-17-11(5,6)12(7,8)18-14;2*1-6-3-2-4-7(5-6)14-15(12,13)8(9,10)11/h9-10H,6-8H2,1-5H3;8,10H,6-7,9H2,1-5H3;1-8H3;5-6H,2-4H2,1H3;4,6H,2-3,5H2,1H3. The van der Waals surface area contributed by atoms with E-state index in [1.54, 1.807) is 6.92 Å². The van der Waals surface area contributed by atoms with E-state index >= 15 is 0 Å². The summed E-state index contributed by atoms with van der Waals surface area (Å²) >= 11 is 0. The molecule has 458 valence electrons. The first-order chi connectivity index (χ1) is 36.0. The summed E-state index contributed by atoms with van der Waals surface area (Å²) in [6.45, 7) is 41.3. The van der Waals surface area contributed by atoms with Crippen molar-refractivity contribution in [1.82, 2.24) is 0 Å². The molecule has 4 saturated heterocycles. The van der Waals surface area contributed by atoms with Crippen molar-refractivity contribution >= 4 is 48.5 Å². The van der Waals surface area contributed by atoms with Crippen molar-refractivity contribution in [3.8, 4) is 0 Å². The van der Waals surface area contributed by atoms with Gasteiger partial charge in [0.15, 0.2) is 0 Å². The molecule has 0 bridgehead atoms. The van der Waals surface area contributed by atoms with Gasteiger partial charge in [0.25, 0.3) is 0 Å². The highest BCUT2D eigenvalue weighted by Crippen LogP contribution is 2.45. The zero-order valence-corrected chi connectivity index (χ0v) is 52.8. The van der Waals surface area contributed by atoms with E-state index in [0.717, 1.165) is 31.6 Å². The zero-order chi connectivity index (χ0) is 61.3. The van der Waals surface area contributed by atoms with Crippen LogP contribution in [0.25, 0.3) is 0 Å². The van der Waals surface area contributed by atoms with Crippen molar-refractivity contribution in [2.45, 2.75) is 271 Å². The van der Waals surface area contributed by atoms with E-state index in [9.17, 15) is 43.2 Å². The van der Waals surface area contributed by atoms with Gasteiger partial charge >= 0.3 is 59.5 Å². The Bertz CT molecular complexity index is 2370. The monoisotopic (exact) mass is 1190 g/mol. The molecule has 0 radical (unpaired) electrons. The fourth-order valence-corrected chi connectivity index (χ4v) is 10.4. The number of hydrogen-bond acceptors (Lipinski definition) is 14. The normalized spacial score (nSPS) is 29.1. The average molecular weight is 1190 g/mol. The topological polar surface area (TPSA) is 161 Å². The predicted molar refractivity (Wildman–Crippen MR) is 301 cm³/mol. The lowest BCUT2D eigenvalue weighted by Crippen LogP contribution is -2.41. The van der Waals surface area contributed by atoms with Gasteiger partial charge in [-0.15, -0.1) is 0 Å². The van der Waals surface area contributed by atoms with Crippen LogP contribution in [0.1, 0.15) is 216 Å². The summed E-state index contributed by atoms with van der Waals surface area (Å²) in [6.07, 6.45) is 18.0. The highest BCUT2D eigenvalue weighted by molar-refractivity contribution is 7.88. The van der Waals surface area contributed by atoms with Gasteiger partial charge in [-0.1, -0.05) is 39.8 Å². The Morgan fingerprint density at radius 3 is 1.11 bits per heavy atom. The molecule has 8 rings (SSSR count). The fourth-order valence-electron chi connectivity index (χ4n) is 9.33. The van der Waals surface area contributed by atoms with Crippen LogP contribution in [0.15, 0.2) is 46.8 Å². The third-order valence-electron chi connectivity index (χ3n) is 17.3. The van der Waals surface area contributed by atoms with E-state index in [4.69, 9.17) is 37.2 Å². The van der Waals surface area contributed by atoms with Crippen LogP contribution < -0.4 is 0 Å². The highest BCUT2D eigenvalue weighted by Gasteiger charge is 2.64. The minimum Gasteiger partial charge on any atom is -0.405 e. The maximum atomic E-state index is 11.9. The summed E-state index contributed by atoms with van der Waals surface area (Å²) in [4.78, 5) is 0. The van der Waals surface area contributed by atoms with Crippen molar-refractivity contribution < 1.29 is 88.8 Å². The van der Waals surface area contributed by atoms with Gasteiger partial charge < -0.3 is 45.6 Å². The Labute approximate surface area is 477 Å². The van der Waals surface area contributed by atoms with Crippen LogP contribution in [-0.2, 0) is 65.8 Å². The summed E-state index contributed by atoms with van der Waals surface area (Å²) in [5, 5.41) is 0. The van der Waals surface area contributed by atoms with E-state index in [1.807, 2.05) is 62.3 Å². The lowest BCUT2D eigenvalue weighted by atomic mass is 9.49. The Balaban J connectivity index is 0.000000216. The van der Waals surface area contributed by atoms with Gasteiger partial charge in [0.2, 0.25) is 0 Å². The molecule has 0 amide bonds.